The molecule has 144 valence electrons. The maximum absolute atomic E-state index is 12.0. The van der Waals surface area contributed by atoms with Gasteiger partial charge in [0.1, 0.15) is 5.82 Å². The fourth-order valence-corrected chi connectivity index (χ4v) is 2.64. The lowest BCUT2D eigenvalue weighted by molar-refractivity contribution is -0.147. The first-order valence-corrected chi connectivity index (χ1v) is 8.71. The Morgan fingerprint density at radius 3 is 2.75 bits per heavy atom. The van der Waals surface area contributed by atoms with Crippen molar-refractivity contribution >= 4 is 28.8 Å². The van der Waals surface area contributed by atoms with Crippen molar-refractivity contribution in [3.63, 3.8) is 0 Å². The smallest absolute Gasteiger partial charge is 0.344 e. The minimum absolute atomic E-state index is 0.0887. The third kappa shape index (κ3) is 4.56. The van der Waals surface area contributed by atoms with Gasteiger partial charge in [-0.15, -0.1) is 0 Å². The van der Waals surface area contributed by atoms with Crippen molar-refractivity contribution in [3.05, 3.63) is 59.9 Å². The van der Waals surface area contributed by atoms with Crippen LogP contribution in [0.1, 0.15) is 18.3 Å². The number of carbonyl (C=O) groups is 1. The summed E-state index contributed by atoms with van der Waals surface area (Å²) in [4.78, 5) is 20.5. The van der Waals surface area contributed by atoms with E-state index in [1.54, 1.807) is 13.2 Å². The van der Waals surface area contributed by atoms with Crippen molar-refractivity contribution < 1.29 is 19.0 Å². The van der Waals surface area contributed by atoms with E-state index in [9.17, 15) is 4.79 Å². The molecule has 0 atom stereocenters. The summed E-state index contributed by atoms with van der Waals surface area (Å²) in [5.41, 5.74) is 7.60. The van der Waals surface area contributed by atoms with Crippen molar-refractivity contribution in [2.75, 3.05) is 19.5 Å². The molecule has 7 nitrogen and oxygen atoms in total. The van der Waals surface area contributed by atoms with Gasteiger partial charge in [-0.25, -0.2) is 14.8 Å². The molecule has 7 heteroatoms. The normalized spacial score (nSPS) is 10.9. The summed E-state index contributed by atoms with van der Waals surface area (Å²) in [5.74, 6) is 1.12. The molecular formula is C21H21N3O4. The Morgan fingerprint density at radius 2 is 1.96 bits per heavy atom. The van der Waals surface area contributed by atoms with Crippen LogP contribution in [0.3, 0.4) is 0 Å². The number of rotatable bonds is 7. The van der Waals surface area contributed by atoms with Crippen molar-refractivity contribution in [1.82, 2.24) is 9.97 Å². The zero-order valence-electron chi connectivity index (χ0n) is 15.7. The zero-order valence-corrected chi connectivity index (χ0v) is 15.7. The van der Waals surface area contributed by atoms with E-state index in [1.807, 2.05) is 55.5 Å². The summed E-state index contributed by atoms with van der Waals surface area (Å²) < 4.78 is 16.0. The number of carbonyl (C=O) groups excluding carboxylic acids is 1. The number of nitrogens with two attached hydrogens (primary N) is 1. The molecule has 0 fully saturated rings. The molecule has 28 heavy (non-hydrogen) atoms. The molecule has 0 aliphatic rings. The molecule has 3 rings (SSSR count). The summed E-state index contributed by atoms with van der Waals surface area (Å²) in [6, 6.07) is 12.8. The molecule has 0 saturated heterocycles. The van der Waals surface area contributed by atoms with Gasteiger partial charge in [0.15, 0.2) is 30.5 Å². The summed E-state index contributed by atoms with van der Waals surface area (Å²) >= 11 is 0. The second-order valence-corrected chi connectivity index (χ2v) is 5.90. The van der Waals surface area contributed by atoms with Crippen molar-refractivity contribution in [1.29, 1.82) is 0 Å². The number of ether oxygens (including phenoxy) is 3. The summed E-state index contributed by atoms with van der Waals surface area (Å²) in [5, 5.41) is 0.759. The summed E-state index contributed by atoms with van der Waals surface area (Å²) in [6.07, 6.45) is 3.87. The number of anilines is 1. The number of allylic oxidation sites excluding steroid dienone is 1. The van der Waals surface area contributed by atoms with Gasteiger partial charge in [-0.05, 0) is 36.8 Å². The predicted octanol–water partition coefficient (Wildman–Crippen LogP) is 3.38. The minimum atomic E-state index is -0.546. The Kier molecular flexibility index (Phi) is 6.06. The first-order chi connectivity index (χ1) is 13.6. The number of methoxy groups -OCH3 is 1. The maximum atomic E-state index is 12.0. The van der Waals surface area contributed by atoms with Crippen LogP contribution in [0.25, 0.3) is 17.0 Å². The Morgan fingerprint density at radius 1 is 1.14 bits per heavy atom. The Labute approximate surface area is 162 Å². The highest BCUT2D eigenvalue weighted by Crippen LogP contribution is 2.28. The van der Waals surface area contributed by atoms with Gasteiger partial charge in [0.05, 0.1) is 12.6 Å². The van der Waals surface area contributed by atoms with E-state index in [4.69, 9.17) is 19.9 Å². The zero-order chi connectivity index (χ0) is 19.9. The first-order valence-electron chi connectivity index (χ1n) is 8.71. The van der Waals surface area contributed by atoms with Crippen molar-refractivity contribution in [2.45, 2.75) is 13.5 Å². The number of aromatic nitrogens is 2. The number of nitrogen functional groups attached to an aromatic ring is 1. The van der Waals surface area contributed by atoms with Crippen LogP contribution in [0.4, 0.5) is 5.82 Å². The van der Waals surface area contributed by atoms with E-state index in [0.29, 0.717) is 28.7 Å². The van der Waals surface area contributed by atoms with Crippen LogP contribution in [-0.4, -0.2) is 29.7 Å². The van der Waals surface area contributed by atoms with Crippen LogP contribution in [0.15, 0.2) is 48.5 Å². The number of benzene rings is 2. The predicted molar refractivity (Wildman–Crippen MR) is 107 cm³/mol. The van der Waals surface area contributed by atoms with Gasteiger partial charge in [-0.1, -0.05) is 30.4 Å². The highest BCUT2D eigenvalue weighted by molar-refractivity contribution is 5.87. The Hall–Kier alpha value is -3.61. The third-order valence-corrected chi connectivity index (χ3v) is 3.93. The second kappa shape index (κ2) is 8.85. The fraction of sp³-hybridized carbons (Fsp3) is 0.190. The first kappa shape index (κ1) is 19.2. The van der Waals surface area contributed by atoms with E-state index in [0.717, 1.165) is 10.9 Å². The molecule has 0 aliphatic carbocycles. The van der Waals surface area contributed by atoms with Crippen LogP contribution in [0, 0.1) is 0 Å². The standard InChI is InChI=1S/C21H21N3O4/c1-3-6-14-9-10-17(18(11-14)26-2)27-13-20(25)28-12-19-23-16-8-5-4-7-15(16)21(22)24-19/h3-11H,12-13H2,1-2H3,(H2,22,23,24). The number of esters is 1. The lowest BCUT2D eigenvalue weighted by Gasteiger charge is -2.11. The molecule has 0 amide bonds. The van der Waals surface area contributed by atoms with Gasteiger partial charge in [0, 0.05) is 5.39 Å². The highest BCUT2D eigenvalue weighted by Gasteiger charge is 2.11. The van der Waals surface area contributed by atoms with Crippen LogP contribution in [0.2, 0.25) is 0 Å². The van der Waals surface area contributed by atoms with E-state index in [1.165, 1.54) is 0 Å². The molecule has 0 aliphatic heterocycles. The molecule has 0 unspecified atom stereocenters. The van der Waals surface area contributed by atoms with E-state index in [2.05, 4.69) is 9.97 Å². The minimum Gasteiger partial charge on any atom is -0.493 e. The SMILES string of the molecule is CC=Cc1ccc(OCC(=O)OCc2nc(N)c3ccccc3n2)c(OC)c1. The molecule has 2 aromatic carbocycles. The monoisotopic (exact) mass is 379 g/mol. The summed E-state index contributed by atoms with van der Waals surface area (Å²) in [6.45, 7) is 1.58. The number of hydrogen-bond acceptors (Lipinski definition) is 7. The van der Waals surface area contributed by atoms with Crippen molar-refractivity contribution in [3.8, 4) is 11.5 Å². The van der Waals surface area contributed by atoms with Gasteiger partial charge in [-0.2, -0.15) is 0 Å². The van der Waals surface area contributed by atoms with E-state index in [-0.39, 0.29) is 13.2 Å². The average Bonchev–Trinajstić information content (AvgIpc) is 2.71. The molecule has 2 N–H and O–H groups in total. The van der Waals surface area contributed by atoms with Gasteiger partial charge in [0.25, 0.3) is 0 Å². The molecule has 1 heterocycles. The van der Waals surface area contributed by atoms with Crippen molar-refractivity contribution in [2.24, 2.45) is 0 Å². The van der Waals surface area contributed by atoms with Crippen LogP contribution in [-0.2, 0) is 16.1 Å². The second-order valence-electron chi connectivity index (χ2n) is 5.90. The number of hydrogen-bond donors (Lipinski definition) is 1. The van der Waals surface area contributed by atoms with Gasteiger partial charge in [-0.3, -0.25) is 0 Å². The van der Waals surface area contributed by atoms with Gasteiger partial charge >= 0.3 is 5.97 Å². The lowest BCUT2D eigenvalue weighted by Crippen LogP contribution is -2.16. The molecule has 0 radical (unpaired) electrons. The molecule has 1 aromatic heterocycles. The lowest BCUT2D eigenvalue weighted by atomic mass is 10.2. The van der Waals surface area contributed by atoms with Gasteiger partial charge in [0.2, 0.25) is 0 Å². The van der Waals surface area contributed by atoms with Crippen LogP contribution < -0.4 is 15.2 Å². The average molecular weight is 379 g/mol. The molecular weight excluding hydrogens is 358 g/mol. The van der Waals surface area contributed by atoms with Gasteiger partial charge < -0.3 is 19.9 Å². The van der Waals surface area contributed by atoms with E-state index >= 15 is 0 Å². The maximum Gasteiger partial charge on any atom is 0.344 e. The summed E-state index contributed by atoms with van der Waals surface area (Å²) in [7, 11) is 1.54. The van der Waals surface area contributed by atoms with E-state index < -0.39 is 5.97 Å². The molecule has 3 aromatic rings. The highest BCUT2D eigenvalue weighted by atomic mass is 16.6. The quantitative estimate of drug-likeness (QED) is 0.629. The number of fused-ring (bicyclic) bond motifs is 1. The third-order valence-electron chi connectivity index (χ3n) is 3.93. The Balaban J connectivity index is 1.59. The largest absolute Gasteiger partial charge is 0.493 e. The molecule has 0 bridgehead atoms. The fourth-order valence-electron chi connectivity index (χ4n) is 2.64. The number of nitrogens with zero attached hydrogens (tertiary/aromatic N) is 2. The molecule has 0 saturated carbocycles. The molecule has 0 spiro atoms. The Bertz CT molecular complexity index is 1020. The van der Waals surface area contributed by atoms with Crippen LogP contribution >= 0.6 is 0 Å². The topological polar surface area (TPSA) is 96.6 Å². The number of para-hydroxylation sites is 1. The van der Waals surface area contributed by atoms with Crippen LogP contribution in [0.5, 0.6) is 11.5 Å².